The summed E-state index contributed by atoms with van der Waals surface area (Å²) in [4.78, 5) is 16.5. The van der Waals surface area contributed by atoms with Crippen molar-refractivity contribution in [3.05, 3.63) is 40.1 Å². The SMILES string of the molecule is CN(C)CCN(C)C(O)c1cc(S(=O)(=O)NC(=O)Nc2c3c(cc4c2CCC4)CCC3)nn1C. The van der Waals surface area contributed by atoms with Crippen LogP contribution in [0.25, 0.3) is 0 Å². The van der Waals surface area contributed by atoms with E-state index >= 15 is 0 Å². The first-order valence-corrected chi connectivity index (χ1v) is 13.1. The summed E-state index contributed by atoms with van der Waals surface area (Å²) in [6.45, 7) is 1.30. The zero-order chi connectivity index (χ0) is 24.6. The topological polar surface area (TPSA) is 120 Å². The number of anilines is 1. The molecule has 10 nitrogen and oxygen atoms in total. The number of urea groups is 1. The molecule has 0 bridgehead atoms. The maximum atomic E-state index is 12.9. The molecular formula is C23H34N6O4S. The smallest absolute Gasteiger partial charge is 0.333 e. The second-order valence-corrected chi connectivity index (χ2v) is 11.1. The second-order valence-electron chi connectivity index (χ2n) is 9.48. The number of aliphatic hydroxyl groups excluding tert-OH is 1. The van der Waals surface area contributed by atoms with E-state index < -0.39 is 22.3 Å². The van der Waals surface area contributed by atoms with Crippen molar-refractivity contribution in [2.24, 2.45) is 7.05 Å². The van der Waals surface area contributed by atoms with Gasteiger partial charge in [0.15, 0.2) is 5.03 Å². The molecule has 11 heteroatoms. The van der Waals surface area contributed by atoms with Crippen molar-refractivity contribution in [3.8, 4) is 0 Å². The van der Waals surface area contributed by atoms with Gasteiger partial charge in [-0.2, -0.15) is 13.5 Å². The Morgan fingerprint density at radius 1 is 1.09 bits per heavy atom. The van der Waals surface area contributed by atoms with E-state index in [0.29, 0.717) is 12.2 Å². The summed E-state index contributed by atoms with van der Waals surface area (Å²) >= 11 is 0. The van der Waals surface area contributed by atoms with Gasteiger partial charge in [0, 0.05) is 31.9 Å². The van der Waals surface area contributed by atoms with E-state index in [1.807, 2.05) is 19.0 Å². The van der Waals surface area contributed by atoms with E-state index in [0.717, 1.165) is 61.9 Å². The second kappa shape index (κ2) is 9.65. The summed E-state index contributed by atoms with van der Waals surface area (Å²) in [5.74, 6) is 0. The number of rotatable bonds is 8. The minimum Gasteiger partial charge on any atom is -0.372 e. The fourth-order valence-corrected chi connectivity index (χ4v) is 5.72. The molecule has 186 valence electrons. The van der Waals surface area contributed by atoms with Crippen molar-refractivity contribution in [2.75, 3.05) is 39.5 Å². The fourth-order valence-electron chi connectivity index (χ4n) is 4.81. The molecule has 1 aromatic heterocycles. The number of aromatic nitrogens is 2. The number of aliphatic hydroxyl groups is 1. The van der Waals surface area contributed by atoms with Crippen LogP contribution in [0.15, 0.2) is 17.2 Å². The Kier molecular flexibility index (Phi) is 6.99. The number of hydrogen-bond donors (Lipinski definition) is 3. The van der Waals surface area contributed by atoms with Crippen molar-refractivity contribution in [1.29, 1.82) is 0 Å². The highest BCUT2D eigenvalue weighted by molar-refractivity contribution is 7.90. The first kappa shape index (κ1) is 24.6. The summed E-state index contributed by atoms with van der Waals surface area (Å²) in [6, 6.07) is 2.75. The molecular weight excluding hydrogens is 456 g/mol. The Morgan fingerprint density at radius 2 is 1.71 bits per heavy atom. The number of amides is 2. The molecule has 0 saturated heterocycles. The van der Waals surface area contributed by atoms with E-state index in [2.05, 4.69) is 21.2 Å². The number of nitrogens with one attached hydrogen (secondary N) is 2. The molecule has 4 rings (SSSR count). The number of sulfonamides is 1. The molecule has 0 radical (unpaired) electrons. The normalized spacial score (nSPS) is 16.1. The van der Waals surface area contributed by atoms with Gasteiger partial charge in [-0.05, 0) is 81.9 Å². The summed E-state index contributed by atoms with van der Waals surface area (Å²) in [7, 11) is 2.95. The summed E-state index contributed by atoms with van der Waals surface area (Å²) in [5.41, 5.74) is 5.84. The Bertz CT molecular complexity index is 1160. The van der Waals surface area contributed by atoms with Crippen LogP contribution in [0.2, 0.25) is 0 Å². The molecule has 1 unspecified atom stereocenters. The molecule has 0 spiro atoms. The minimum atomic E-state index is -4.23. The Hall–Kier alpha value is -2.47. The highest BCUT2D eigenvalue weighted by Gasteiger charge is 2.28. The lowest BCUT2D eigenvalue weighted by molar-refractivity contribution is 0.0112. The van der Waals surface area contributed by atoms with Crippen molar-refractivity contribution in [1.82, 2.24) is 24.3 Å². The quantitative estimate of drug-likeness (QED) is 0.479. The number of likely N-dealkylation sites (N-methyl/N-ethyl adjacent to an activating group) is 2. The van der Waals surface area contributed by atoms with Crippen LogP contribution in [0.3, 0.4) is 0 Å². The Labute approximate surface area is 201 Å². The Morgan fingerprint density at radius 3 is 2.29 bits per heavy atom. The standard InChI is InChI=1S/C23H34N6O4S/c1-27(2)11-12-28(3)22(30)19-14-20(25-29(19)4)34(32,33)26-23(31)24-21-17-9-5-7-15(17)13-16-8-6-10-18(16)21/h13-14,22,30H,5-12H2,1-4H3,(H2,24,26,31). The number of hydrogen-bond acceptors (Lipinski definition) is 7. The van der Waals surface area contributed by atoms with Crippen LogP contribution in [-0.4, -0.2) is 73.4 Å². The number of carbonyl (C=O) groups excluding carboxylic acids is 1. The molecule has 34 heavy (non-hydrogen) atoms. The summed E-state index contributed by atoms with van der Waals surface area (Å²) in [6.07, 6.45) is 4.77. The average molecular weight is 491 g/mol. The van der Waals surface area contributed by atoms with E-state index in [9.17, 15) is 18.3 Å². The van der Waals surface area contributed by atoms with Crippen LogP contribution in [0, 0.1) is 0 Å². The largest absolute Gasteiger partial charge is 0.372 e. The molecule has 1 aromatic carbocycles. The van der Waals surface area contributed by atoms with Crippen LogP contribution in [0.5, 0.6) is 0 Å². The summed E-state index contributed by atoms with van der Waals surface area (Å²) < 4.78 is 29.3. The lowest BCUT2D eigenvalue weighted by Gasteiger charge is -2.24. The maximum Gasteiger partial charge on any atom is 0.333 e. The molecule has 1 heterocycles. The zero-order valence-corrected chi connectivity index (χ0v) is 21.1. The van der Waals surface area contributed by atoms with Gasteiger partial charge in [-0.15, -0.1) is 0 Å². The van der Waals surface area contributed by atoms with Gasteiger partial charge < -0.3 is 15.3 Å². The van der Waals surface area contributed by atoms with Gasteiger partial charge in [0.1, 0.15) is 6.23 Å². The average Bonchev–Trinajstić information content (AvgIpc) is 3.50. The van der Waals surface area contributed by atoms with Crippen LogP contribution in [0.4, 0.5) is 10.5 Å². The van der Waals surface area contributed by atoms with Gasteiger partial charge in [-0.3, -0.25) is 9.58 Å². The molecule has 2 aliphatic rings. The minimum absolute atomic E-state index is 0.316. The molecule has 2 amide bonds. The van der Waals surface area contributed by atoms with Gasteiger partial charge in [0.25, 0.3) is 10.0 Å². The predicted octanol–water partition coefficient (Wildman–Crippen LogP) is 1.39. The van der Waals surface area contributed by atoms with Gasteiger partial charge in [-0.25, -0.2) is 9.52 Å². The molecule has 2 aromatic rings. The third-order valence-electron chi connectivity index (χ3n) is 6.69. The number of nitrogens with zero attached hydrogens (tertiary/aromatic N) is 4. The van der Waals surface area contributed by atoms with Crippen molar-refractivity contribution < 1.29 is 18.3 Å². The van der Waals surface area contributed by atoms with Crippen LogP contribution in [0.1, 0.15) is 47.0 Å². The molecule has 3 N–H and O–H groups in total. The van der Waals surface area contributed by atoms with Gasteiger partial charge >= 0.3 is 6.03 Å². The van der Waals surface area contributed by atoms with E-state index in [1.165, 1.54) is 21.9 Å². The first-order chi connectivity index (χ1) is 16.1. The maximum absolute atomic E-state index is 12.9. The van der Waals surface area contributed by atoms with Gasteiger partial charge in [-0.1, -0.05) is 6.07 Å². The number of benzene rings is 1. The molecule has 2 aliphatic carbocycles. The first-order valence-electron chi connectivity index (χ1n) is 11.6. The number of carbonyl (C=O) groups is 1. The van der Waals surface area contributed by atoms with Crippen molar-refractivity contribution >= 4 is 21.7 Å². The number of fused-ring (bicyclic) bond motifs is 2. The zero-order valence-electron chi connectivity index (χ0n) is 20.3. The third kappa shape index (κ3) is 4.97. The lowest BCUT2D eigenvalue weighted by Crippen LogP contribution is -2.35. The van der Waals surface area contributed by atoms with Crippen LogP contribution in [-0.2, 0) is 42.8 Å². The van der Waals surface area contributed by atoms with Gasteiger partial charge in [0.05, 0.1) is 5.69 Å². The molecule has 1 atom stereocenters. The monoisotopic (exact) mass is 490 g/mol. The third-order valence-corrected chi connectivity index (χ3v) is 7.89. The van der Waals surface area contributed by atoms with E-state index in [-0.39, 0.29) is 5.03 Å². The van der Waals surface area contributed by atoms with Crippen molar-refractivity contribution in [3.63, 3.8) is 0 Å². The van der Waals surface area contributed by atoms with Crippen molar-refractivity contribution in [2.45, 2.75) is 49.8 Å². The molecule has 0 saturated carbocycles. The molecule has 0 aliphatic heterocycles. The summed E-state index contributed by atoms with van der Waals surface area (Å²) in [5, 5.41) is 17.2. The Balaban J connectivity index is 1.49. The van der Waals surface area contributed by atoms with Crippen LogP contribution >= 0.6 is 0 Å². The molecule has 0 fully saturated rings. The highest BCUT2D eigenvalue weighted by Crippen LogP contribution is 2.38. The van der Waals surface area contributed by atoms with E-state index in [4.69, 9.17) is 0 Å². The lowest BCUT2D eigenvalue weighted by atomic mass is 9.99. The van der Waals surface area contributed by atoms with E-state index in [1.54, 1.807) is 19.0 Å². The van der Waals surface area contributed by atoms with Gasteiger partial charge in [0.2, 0.25) is 0 Å². The fraction of sp³-hybridized carbons (Fsp3) is 0.565. The van der Waals surface area contributed by atoms with Crippen LogP contribution < -0.4 is 10.0 Å². The number of aryl methyl sites for hydroxylation is 3. The highest BCUT2D eigenvalue weighted by atomic mass is 32.2. The predicted molar refractivity (Wildman–Crippen MR) is 129 cm³/mol.